The molecule has 3 aromatic rings. The smallest absolute Gasteiger partial charge is 0.409 e. The van der Waals surface area contributed by atoms with E-state index in [2.05, 4.69) is 53.9 Å². The molecule has 0 spiro atoms. The Morgan fingerprint density at radius 1 is 1.26 bits per heavy atom. The maximum atomic E-state index is 11.3. The number of aromatic nitrogens is 4. The fraction of sp³-hybridized carbons (Fsp3) is 0.381. The molecule has 4 N–H and O–H groups in total. The highest BCUT2D eigenvalue weighted by molar-refractivity contribution is 6.36. The zero-order valence-electron chi connectivity index (χ0n) is 18.4. The van der Waals surface area contributed by atoms with Crippen LogP contribution in [0.2, 0.25) is 5.02 Å². The number of fused-ring (bicyclic) bond motifs is 1. The zero-order valence-corrected chi connectivity index (χ0v) is 19.2. The van der Waals surface area contributed by atoms with E-state index in [1.165, 1.54) is 10.7 Å². The van der Waals surface area contributed by atoms with Gasteiger partial charge in [-0.15, -0.1) is 5.10 Å². The molecule has 1 amide bonds. The Bertz CT molecular complexity index is 1290. The first-order valence-electron chi connectivity index (χ1n) is 10.9. The van der Waals surface area contributed by atoms with Gasteiger partial charge in [0.15, 0.2) is 17.2 Å². The van der Waals surface area contributed by atoms with Gasteiger partial charge in [0.1, 0.15) is 6.07 Å². The van der Waals surface area contributed by atoms with Crippen LogP contribution in [-0.4, -0.2) is 75.0 Å². The molecule has 5 rings (SSSR count). The van der Waals surface area contributed by atoms with E-state index in [0.29, 0.717) is 39.6 Å². The number of amides is 1. The highest BCUT2D eigenvalue weighted by Gasteiger charge is 2.25. The summed E-state index contributed by atoms with van der Waals surface area (Å²) in [4.78, 5) is 24.5. The van der Waals surface area contributed by atoms with Crippen LogP contribution < -0.4 is 20.9 Å². The molecule has 176 valence electrons. The van der Waals surface area contributed by atoms with Crippen LogP contribution in [0.3, 0.4) is 0 Å². The number of rotatable bonds is 6. The number of hydrogen-bond donors (Lipinski definition) is 4. The van der Waals surface area contributed by atoms with E-state index < -0.39 is 6.09 Å². The zero-order chi connectivity index (χ0) is 23.8. The molecule has 0 unspecified atom stereocenters. The molecule has 0 atom stereocenters. The quantitative estimate of drug-likeness (QED) is 0.413. The van der Waals surface area contributed by atoms with Gasteiger partial charge in [-0.05, 0) is 32.0 Å². The molecular weight excluding hydrogens is 460 g/mol. The highest BCUT2D eigenvalue weighted by Crippen LogP contribution is 2.38. The Labute approximate surface area is 200 Å². The summed E-state index contributed by atoms with van der Waals surface area (Å²) in [6, 6.07) is 5.70. The van der Waals surface area contributed by atoms with Crippen molar-refractivity contribution in [3.8, 4) is 6.07 Å². The van der Waals surface area contributed by atoms with Crippen LogP contribution in [0, 0.1) is 11.3 Å². The van der Waals surface area contributed by atoms with Crippen LogP contribution in [0.25, 0.3) is 5.65 Å². The molecule has 13 heteroatoms. The van der Waals surface area contributed by atoms with Crippen molar-refractivity contribution in [2.24, 2.45) is 0 Å². The number of benzene rings is 1. The number of carbonyl (C=O) groups is 1. The Balaban J connectivity index is 1.54. The van der Waals surface area contributed by atoms with Crippen molar-refractivity contribution in [2.75, 3.05) is 54.1 Å². The first kappa shape index (κ1) is 22.0. The first-order valence-corrected chi connectivity index (χ1v) is 11.3. The minimum absolute atomic E-state index is 0.198. The lowest BCUT2D eigenvalue weighted by Gasteiger charge is -2.35. The summed E-state index contributed by atoms with van der Waals surface area (Å²) in [6.45, 7) is 3.24. The van der Waals surface area contributed by atoms with Gasteiger partial charge in [-0.3, -0.25) is 5.32 Å². The summed E-state index contributed by atoms with van der Waals surface area (Å²) in [5.41, 5.74) is 2.24. The van der Waals surface area contributed by atoms with Crippen LogP contribution in [-0.2, 0) is 0 Å². The van der Waals surface area contributed by atoms with Crippen LogP contribution in [0.4, 0.5) is 33.6 Å². The van der Waals surface area contributed by atoms with Crippen molar-refractivity contribution in [1.29, 1.82) is 5.26 Å². The van der Waals surface area contributed by atoms with E-state index in [1.807, 2.05) is 0 Å². The average molecular weight is 483 g/mol. The number of imidazole rings is 1. The van der Waals surface area contributed by atoms with Crippen molar-refractivity contribution < 1.29 is 9.90 Å². The van der Waals surface area contributed by atoms with Crippen molar-refractivity contribution in [3.05, 3.63) is 29.0 Å². The van der Waals surface area contributed by atoms with E-state index in [-0.39, 0.29) is 11.6 Å². The van der Waals surface area contributed by atoms with Gasteiger partial charge in [-0.25, -0.2) is 9.78 Å². The largest absolute Gasteiger partial charge is 0.465 e. The van der Waals surface area contributed by atoms with E-state index >= 15 is 0 Å². The molecule has 1 aliphatic carbocycles. The molecule has 2 aromatic heterocycles. The predicted molar refractivity (Wildman–Crippen MR) is 128 cm³/mol. The molecule has 1 aromatic carbocycles. The molecule has 12 nitrogen and oxygen atoms in total. The Morgan fingerprint density at radius 2 is 2.03 bits per heavy atom. The lowest BCUT2D eigenvalue weighted by atomic mass is 10.2. The number of piperazine rings is 1. The summed E-state index contributed by atoms with van der Waals surface area (Å²) >= 11 is 6.79. The number of anilines is 5. The molecule has 34 heavy (non-hydrogen) atoms. The van der Waals surface area contributed by atoms with Gasteiger partial charge in [0, 0.05) is 37.9 Å². The van der Waals surface area contributed by atoms with E-state index in [9.17, 15) is 15.2 Å². The van der Waals surface area contributed by atoms with Gasteiger partial charge in [0.2, 0.25) is 5.95 Å². The first-order chi connectivity index (χ1) is 16.4. The van der Waals surface area contributed by atoms with Gasteiger partial charge in [0.25, 0.3) is 0 Å². The normalized spacial score (nSPS) is 16.3. The van der Waals surface area contributed by atoms with Crippen LogP contribution >= 0.6 is 11.6 Å². The standard InChI is InChI=1S/C21H23ClN10O2/c1-30-4-6-31(7-5-30)16-9-13(26-21(33)34)8-15(17(16)22)27-20-28-18(25-12-2-3-12)19-24-11-14(10-23)32(19)29-20/h8-9,11-12,26H,2-7H2,1H3,(H,33,34)(H2,25,27,28,29). The molecule has 3 heterocycles. The van der Waals surface area contributed by atoms with Crippen LogP contribution in [0.5, 0.6) is 0 Å². The van der Waals surface area contributed by atoms with E-state index in [1.54, 1.807) is 12.1 Å². The second-order valence-corrected chi connectivity index (χ2v) is 8.77. The topological polar surface area (TPSA) is 147 Å². The number of carboxylic acid groups (broad SMARTS) is 1. The third kappa shape index (κ3) is 4.48. The summed E-state index contributed by atoms with van der Waals surface area (Å²) < 4.78 is 1.43. The summed E-state index contributed by atoms with van der Waals surface area (Å²) in [6.07, 6.45) is 2.34. The molecule has 0 radical (unpaired) electrons. The second-order valence-electron chi connectivity index (χ2n) is 8.40. The lowest BCUT2D eigenvalue weighted by Crippen LogP contribution is -2.44. The molecule has 1 saturated heterocycles. The summed E-state index contributed by atoms with van der Waals surface area (Å²) in [5.74, 6) is 0.709. The molecular formula is C21H23ClN10O2. The predicted octanol–water partition coefficient (Wildman–Crippen LogP) is 2.81. The van der Waals surface area contributed by atoms with Gasteiger partial charge in [-0.2, -0.15) is 14.8 Å². The third-order valence-electron chi connectivity index (χ3n) is 5.79. The van der Waals surface area contributed by atoms with Crippen molar-refractivity contribution in [2.45, 2.75) is 18.9 Å². The number of nitrogens with one attached hydrogen (secondary N) is 3. The Morgan fingerprint density at radius 3 is 2.71 bits per heavy atom. The number of nitriles is 1. The molecule has 0 bridgehead atoms. The number of likely N-dealkylation sites (N-methyl/N-ethyl adjacent to an activating group) is 1. The van der Waals surface area contributed by atoms with Crippen molar-refractivity contribution in [1.82, 2.24) is 24.5 Å². The number of hydrogen-bond acceptors (Lipinski definition) is 9. The van der Waals surface area contributed by atoms with E-state index in [4.69, 9.17) is 11.6 Å². The maximum absolute atomic E-state index is 11.3. The average Bonchev–Trinajstić information content (AvgIpc) is 3.52. The minimum atomic E-state index is -1.18. The highest BCUT2D eigenvalue weighted by atomic mass is 35.5. The lowest BCUT2D eigenvalue weighted by molar-refractivity contribution is 0.210. The SMILES string of the molecule is CN1CCN(c2cc(NC(=O)O)cc(Nc3nc(NC4CC4)c4ncc(C#N)n4n3)c2Cl)CC1. The number of nitrogens with zero attached hydrogens (tertiary/aromatic N) is 7. The van der Waals surface area contributed by atoms with Crippen molar-refractivity contribution >= 4 is 52.2 Å². The fourth-order valence-corrected chi connectivity index (χ4v) is 4.10. The Kier molecular flexibility index (Phi) is 5.72. The Hall–Kier alpha value is -3.82. The van der Waals surface area contributed by atoms with Gasteiger partial charge in [0.05, 0.1) is 22.6 Å². The summed E-state index contributed by atoms with van der Waals surface area (Å²) in [7, 11) is 2.06. The second kappa shape index (κ2) is 8.85. The van der Waals surface area contributed by atoms with Gasteiger partial charge in [-0.1, -0.05) is 11.6 Å². The molecule has 1 saturated carbocycles. The molecule has 2 aliphatic rings. The van der Waals surface area contributed by atoms with Crippen LogP contribution in [0.1, 0.15) is 18.5 Å². The van der Waals surface area contributed by atoms with Gasteiger partial charge < -0.3 is 25.5 Å². The van der Waals surface area contributed by atoms with Crippen molar-refractivity contribution in [3.63, 3.8) is 0 Å². The number of halogens is 1. The maximum Gasteiger partial charge on any atom is 0.409 e. The van der Waals surface area contributed by atoms with E-state index in [0.717, 1.165) is 39.0 Å². The fourth-order valence-electron chi connectivity index (χ4n) is 3.82. The van der Waals surface area contributed by atoms with Gasteiger partial charge >= 0.3 is 6.09 Å². The van der Waals surface area contributed by atoms with Crippen LogP contribution in [0.15, 0.2) is 18.3 Å². The molecule has 1 aliphatic heterocycles. The summed E-state index contributed by atoms with van der Waals surface area (Å²) in [5, 5.41) is 32.4. The molecule has 2 fully saturated rings. The monoisotopic (exact) mass is 482 g/mol. The minimum Gasteiger partial charge on any atom is -0.465 e. The third-order valence-corrected chi connectivity index (χ3v) is 6.19.